The second-order valence-corrected chi connectivity index (χ2v) is 9.64. The van der Waals surface area contributed by atoms with E-state index in [-0.39, 0.29) is 5.70 Å². The van der Waals surface area contributed by atoms with Gasteiger partial charge in [-0.15, -0.1) is 0 Å². The lowest BCUT2D eigenvalue weighted by Gasteiger charge is -2.15. The summed E-state index contributed by atoms with van der Waals surface area (Å²) in [5.41, 5.74) is 3.38. The second-order valence-electron chi connectivity index (χ2n) is 8.48. The van der Waals surface area contributed by atoms with Crippen molar-refractivity contribution in [1.82, 2.24) is 10.2 Å². The number of para-hydroxylation sites is 1. The van der Waals surface area contributed by atoms with Gasteiger partial charge in [-0.1, -0.05) is 55.5 Å². The summed E-state index contributed by atoms with van der Waals surface area (Å²) in [4.78, 5) is 39.0. The van der Waals surface area contributed by atoms with Crippen LogP contribution in [0.3, 0.4) is 0 Å². The zero-order chi connectivity index (χ0) is 27.1. The summed E-state index contributed by atoms with van der Waals surface area (Å²) in [5, 5.41) is 5.36. The molecule has 0 bridgehead atoms. The van der Waals surface area contributed by atoms with Crippen molar-refractivity contribution >= 4 is 52.2 Å². The minimum atomic E-state index is -0.650. The number of ether oxygens (including phenoxy) is 2. The molecule has 0 spiro atoms. The van der Waals surface area contributed by atoms with Crippen molar-refractivity contribution < 1.29 is 23.9 Å². The largest absolute Gasteiger partial charge is 0.490 e. The van der Waals surface area contributed by atoms with Gasteiger partial charge in [0, 0.05) is 5.69 Å². The molecule has 0 aromatic heterocycles. The van der Waals surface area contributed by atoms with Crippen molar-refractivity contribution in [3.63, 3.8) is 0 Å². The van der Waals surface area contributed by atoms with Gasteiger partial charge in [-0.2, -0.15) is 0 Å². The Balaban J connectivity index is 1.49. The molecule has 0 atom stereocenters. The monoisotopic (exact) mass is 625 g/mol. The fourth-order valence-electron chi connectivity index (χ4n) is 3.97. The zero-order valence-corrected chi connectivity index (χ0v) is 23.3. The van der Waals surface area contributed by atoms with Gasteiger partial charge in [-0.3, -0.25) is 9.59 Å². The molecular weight excluding hydrogens is 597 g/mol. The van der Waals surface area contributed by atoms with Crippen molar-refractivity contribution in [3.05, 3.63) is 92.7 Å². The molecule has 0 radical (unpaired) electrons. The summed E-state index contributed by atoms with van der Waals surface area (Å²) in [6.45, 7) is 4.28. The van der Waals surface area contributed by atoms with Gasteiger partial charge in [0.05, 0.1) is 10.2 Å². The summed E-state index contributed by atoms with van der Waals surface area (Å²) in [6.07, 6.45) is 2.31. The van der Waals surface area contributed by atoms with Crippen LogP contribution in [0.5, 0.6) is 11.5 Å². The van der Waals surface area contributed by atoms with Gasteiger partial charge in [0.1, 0.15) is 18.8 Å². The fourth-order valence-corrected chi connectivity index (χ4v) is 4.75. The maximum Gasteiger partial charge on any atom is 0.329 e. The molecule has 1 aliphatic rings. The molecule has 3 aromatic rings. The highest BCUT2D eigenvalue weighted by molar-refractivity contribution is 14.1. The number of urea groups is 1. The number of hydrogen-bond donors (Lipinski definition) is 2. The van der Waals surface area contributed by atoms with E-state index in [4.69, 9.17) is 9.47 Å². The van der Waals surface area contributed by atoms with Crippen LogP contribution in [0.1, 0.15) is 30.5 Å². The Labute approximate surface area is 235 Å². The third kappa shape index (κ3) is 6.52. The molecule has 4 amide bonds. The van der Waals surface area contributed by atoms with Gasteiger partial charge in [-0.25, -0.2) is 9.69 Å². The Morgan fingerprint density at radius 3 is 2.50 bits per heavy atom. The highest BCUT2D eigenvalue weighted by atomic mass is 127. The highest BCUT2D eigenvalue weighted by Gasteiger charge is 2.35. The summed E-state index contributed by atoms with van der Waals surface area (Å²) in [7, 11) is 0. The van der Waals surface area contributed by atoms with E-state index in [9.17, 15) is 14.4 Å². The van der Waals surface area contributed by atoms with Crippen molar-refractivity contribution in [3.8, 4) is 11.5 Å². The van der Waals surface area contributed by atoms with E-state index >= 15 is 0 Å². The number of nitrogens with zero attached hydrogens (tertiary/aromatic N) is 1. The van der Waals surface area contributed by atoms with Crippen molar-refractivity contribution in [2.75, 3.05) is 18.5 Å². The van der Waals surface area contributed by atoms with Crippen molar-refractivity contribution in [2.24, 2.45) is 0 Å². The topological polar surface area (TPSA) is 97.0 Å². The molecule has 1 aliphatic heterocycles. The number of hydrogen-bond acceptors (Lipinski definition) is 5. The van der Waals surface area contributed by atoms with Crippen LogP contribution in [0.25, 0.3) is 6.08 Å². The third-order valence-electron chi connectivity index (χ3n) is 5.81. The van der Waals surface area contributed by atoms with Gasteiger partial charge in [0.2, 0.25) is 5.91 Å². The molecular formula is C29H28IN3O5. The summed E-state index contributed by atoms with van der Waals surface area (Å²) >= 11 is 2.16. The molecule has 1 fully saturated rings. The predicted octanol–water partition coefficient (Wildman–Crippen LogP) is 5.36. The molecule has 8 nitrogen and oxygen atoms in total. The normalized spacial score (nSPS) is 14.0. The number of imide groups is 1. The number of nitrogens with one attached hydrogen (secondary N) is 2. The first-order valence-corrected chi connectivity index (χ1v) is 13.3. The number of halogens is 1. The van der Waals surface area contributed by atoms with Gasteiger partial charge >= 0.3 is 6.03 Å². The third-order valence-corrected chi connectivity index (χ3v) is 6.61. The first-order valence-electron chi connectivity index (χ1n) is 12.2. The Bertz CT molecular complexity index is 1370. The molecule has 3 aromatic carbocycles. The zero-order valence-electron chi connectivity index (χ0n) is 21.1. The molecule has 38 heavy (non-hydrogen) atoms. The van der Waals surface area contributed by atoms with Crippen molar-refractivity contribution in [2.45, 2.75) is 26.9 Å². The van der Waals surface area contributed by atoms with Crippen LogP contribution >= 0.6 is 22.6 Å². The molecule has 0 aliphatic carbocycles. The van der Waals surface area contributed by atoms with Crippen molar-refractivity contribution in [1.29, 1.82) is 0 Å². The standard InChI is InChI=1S/C29H28IN3O5/c1-3-21-12-8-9-13-23(21)31-26(34)17-33-28(35)24(32-29(33)36)15-20-14-22(30)27(25(16-20)37-4-2)38-18-19-10-6-5-7-11-19/h5-16H,3-4,17-18H2,1-2H3,(H,31,34)(H,32,36)/b24-15+. The lowest BCUT2D eigenvalue weighted by Crippen LogP contribution is -2.38. The van der Waals surface area contributed by atoms with E-state index in [1.165, 1.54) is 0 Å². The van der Waals surface area contributed by atoms with Gasteiger partial charge in [-0.05, 0) is 76.9 Å². The molecule has 196 valence electrons. The van der Waals surface area contributed by atoms with E-state index in [1.807, 2.05) is 68.4 Å². The highest BCUT2D eigenvalue weighted by Crippen LogP contribution is 2.35. The van der Waals surface area contributed by atoms with E-state index in [0.29, 0.717) is 36.0 Å². The fraction of sp³-hybridized carbons (Fsp3) is 0.207. The Morgan fingerprint density at radius 2 is 1.76 bits per heavy atom. The maximum absolute atomic E-state index is 13.0. The summed E-state index contributed by atoms with van der Waals surface area (Å²) in [6, 6.07) is 20.2. The van der Waals surface area contributed by atoms with E-state index < -0.39 is 24.4 Å². The van der Waals surface area contributed by atoms with Crippen LogP contribution in [0, 0.1) is 3.57 Å². The number of carbonyl (C=O) groups is 3. The average Bonchev–Trinajstić information content (AvgIpc) is 3.16. The lowest BCUT2D eigenvalue weighted by molar-refractivity contribution is -0.127. The van der Waals surface area contributed by atoms with Crippen LogP contribution in [-0.2, 0) is 22.6 Å². The van der Waals surface area contributed by atoms with E-state index in [1.54, 1.807) is 18.2 Å². The van der Waals surface area contributed by atoms with Crippen LogP contribution in [0.2, 0.25) is 0 Å². The molecule has 1 heterocycles. The average molecular weight is 625 g/mol. The number of carbonyl (C=O) groups excluding carboxylic acids is 3. The van der Waals surface area contributed by atoms with Gasteiger partial charge in [0.25, 0.3) is 5.91 Å². The number of anilines is 1. The van der Waals surface area contributed by atoms with Crippen LogP contribution in [0.4, 0.5) is 10.5 Å². The Kier molecular flexibility index (Phi) is 9.01. The van der Waals surface area contributed by atoms with Gasteiger partial charge < -0.3 is 20.1 Å². The van der Waals surface area contributed by atoms with Crippen LogP contribution < -0.4 is 20.1 Å². The number of aryl methyl sites for hydroxylation is 1. The Morgan fingerprint density at radius 1 is 1.03 bits per heavy atom. The lowest BCUT2D eigenvalue weighted by atomic mass is 10.1. The summed E-state index contributed by atoms with van der Waals surface area (Å²) < 4.78 is 12.7. The first kappa shape index (κ1) is 27.2. The molecule has 4 rings (SSSR count). The van der Waals surface area contributed by atoms with E-state index in [2.05, 4.69) is 33.2 Å². The Hall–Kier alpha value is -3.86. The SMILES string of the molecule is CCOc1cc(/C=C2/NC(=O)N(CC(=O)Nc3ccccc3CC)C2=O)cc(I)c1OCc1ccccc1. The molecule has 1 saturated heterocycles. The van der Waals surface area contributed by atoms with Crippen LogP contribution in [0.15, 0.2) is 72.4 Å². The molecule has 0 unspecified atom stereocenters. The van der Waals surface area contributed by atoms with Gasteiger partial charge in [0.15, 0.2) is 11.5 Å². The maximum atomic E-state index is 13.0. The van der Waals surface area contributed by atoms with E-state index in [0.717, 1.165) is 26.0 Å². The number of benzene rings is 3. The number of rotatable bonds is 10. The molecule has 9 heteroatoms. The second kappa shape index (κ2) is 12.6. The number of amides is 4. The minimum Gasteiger partial charge on any atom is -0.490 e. The minimum absolute atomic E-state index is 0.0768. The smallest absolute Gasteiger partial charge is 0.329 e. The quantitative estimate of drug-likeness (QED) is 0.180. The molecule has 2 N–H and O–H groups in total. The first-order chi connectivity index (χ1) is 18.4. The van der Waals surface area contributed by atoms with Crippen LogP contribution in [-0.4, -0.2) is 35.9 Å². The summed E-state index contributed by atoms with van der Waals surface area (Å²) in [5.74, 6) is 0.103. The molecule has 0 saturated carbocycles. The predicted molar refractivity (Wildman–Crippen MR) is 154 cm³/mol.